The highest BCUT2D eigenvalue weighted by atomic mass is 16.5. The summed E-state index contributed by atoms with van der Waals surface area (Å²) >= 11 is 0. The third-order valence-corrected chi connectivity index (χ3v) is 4.99. The lowest BCUT2D eigenvalue weighted by Gasteiger charge is -2.22. The predicted octanol–water partition coefficient (Wildman–Crippen LogP) is 4.27. The van der Waals surface area contributed by atoms with Gasteiger partial charge in [-0.3, -0.25) is 4.90 Å². The molecule has 1 aliphatic rings. The maximum absolute atomic E-state index is 5.50. The van der Waals surface area contributed by atoms with E-state index in [4.69, 9.17) is 4.52 Å². The van der Waals surface area contributed by atoms with Gasteiger partial charge in [0.15, 0.2) is 0 Å². The Morgan fingerprint density at radius 1 is 0.889 bits per heavy atom. The van der Waals surface area contributed by atoms with Gasteiger partial charge in [0.05, 0.1) is 12.2 Å². The van der Waals surface area contributed by atoms with Crippen molar-refractivity contribution in [2.45, 2.75) is 45.6 Å². The van der Waals surface area contributed by atoms with Gasteiger partial charge in [-0.15, -0.1) is 0 Å². The predicted molar refractivity (Wildman–Crippen MR) is 104 cm³/mol. The molecular weight excluding hydrogens is 338 g/mol. The maximum atomic E-state index is 5.50. The summed E-state index contributed by atoms with van der Waals surface area (Å²) in [7, 11) is 0. The van der Waals surface area contributed by atoms with Crippen molar-refractivity contribution in [3.05, 3.63) is 48.2 Å². The van der Waals surface area contributed by atoms with Gasteiger partial charge in [-0.25, -0.2) is 9.97 Å². The van der Waals surface area contributed by atoms with Crippen LogP contribution in [0, 0.1) is 6.92 Å². The quantitative estimate of drug-likeness (QED) is 0.690. The Balaban J connectivity index is 1.44. The molecule has 4 rings (SSSR count). The number of aromatic nitrogens is 4. The Hall–Kier alpha value is -2.60. The molecule has 140 valence electrons. The van der Waals surface area contributed by atoms with Crippen LogP contribution < -0.4 is 0 Å². The summed E-state index contributed by atoms with van der Waals surface area (Å²) in [5, 5.41) is 4.17. The van der Waals surface area contributed by atoms with Crippen molar-refractivity contribution in [2.75, 3.05) is 13.1 Å². The minimum absolute atomic E-state index is 0.641. The van der Waals surface area contributed by atoms with E-state index in [0.29, 0.717) is 11.7 Å². The molecule has 1 aliphatic heterocycles. The summed E-state index contributed by atoms with van der Waals surface area (Å²) in [6, 6.07) is 10.0. The minimum atomic E-state index is 0.641. The van der Waals surface area contributed by atoms with Crippen LogP contribution in [-0.2, 0) is 6.54 Å². The van der Waals surface area contributed by atoms with Crippen molar-refractivity contribution in [1.82, 2.24) is 25.0 Å². The molecule has 6 nitrogen and oxygen atoms in total. The van der Waals surface area contributed by atoms with Gasteiger partial charge < -0.3 is 4.52 Å². The number of nitrogens with zero attached hydrogens (tertiary/aromatic N) is 5. The molecule has 0 atom stereocenters. The molecule has 0 aliphatic carbocycles. The first-order valence-corrected chi connectivity index (χ1v) is 9.73. The van der Waals surface area contributed by atoms with Crippen LogP contribution in [0.15, 0.2) is 41.1 Å². The van der Waals surface area contributed by atoms with Crippen molar-refractivity contribution in [3.8, 4) is 22.6 Å². The highest BCUT2D eigenvalue weighted by Crippen LogP contribution is 2.22. The lowest BCUT2D eigenvalue weighted by molar-refractivity contribution is 0.208. The van der Waals surface area contributed by atoms with E-state index in [2.05, 4.69) is 25.0 Å². The van der Waals surface area contributed by atoms with Gasteiger partial charge >= 0.3 is 0 Å². The van der Waals surface area contributed by atoms with E-state index >= 15 is 0 Å². The second kappa shape index (κ2) is 8.39. The van der Waals surface area contributed by atoms with Gasteiger partial charge in [0.1, 0.15) is 5.82 Å². The standard InChI is InChI=1S/C21H25N5O/c1-16-22-12-11-19(23-16)17-7-9-18(10-8-17)21-24-20(27-25-21)15-26-13-5-3-2-4-6-14-26/h7-12H,2-6,13-15H2,1H3. The van der Waals surface area contributed by atoms with E-state index in [0.717, 1.165) is 42.3 Å². The number of benzene rings is 1. The molecule has 0 radical (unpaired) electrons. The molecule has 1 fully saturated rings. The zero-order valence-electron chi connectivity index (χ0n) is 15.8. The van der Waals surface area contributed by atoms with Crippen LogP contribution in [0.2, 0.25) is 0 Å². The van der Waals surface area contributed by atoms with E-state index in [1.807, 2.05) is 37.3 Å². The first kappa shape index (κ1) is 17.8. The molecule has 3 aromatic rings. The smallest absolute Gasteiger partial charge is 0.241 e. The first-order chi connectivity index (χ1) is 13.3. The topological polar surface area (TPSA) is 67.9 Å². The van der Waals surface area contributed by atoms with Gasteiger partial charge in [-0.1, -0.05) is 48.7 Å². The van der Waals surface area contributed by atoms with Crippen LogP contribution in [-0.4, -0.2) is 38.1 Å². The van der Waals surface area contributed by atoms with Crippen molar-refractivity contribution in [3.63, 3.8) is 0 Å². The van der Waals surface area contributed by atoms with Gasteiger partial charge in [0.25, 0.3) is 0 Å². The van der Waals surface area contributed by atoms with Gasteiger partial charge in [0.2, 0.25) is 11.7 Å². The number of likely N-dealkylation sites (tertiary alicyclic amines) is 1. The normalized spacial score (nSPS) is 16.0. The van der Waals surface area contributed by atoms with Crippen molar-refractivity contribution in [2.24, 2.45) is 0 Å². The maximum Gasteiger partial charge on any atom is 0.241 e. The molecule has 6 heteroatoms. The highest BCUT2D eigenvalue weighted by molar-refractivity contribution is 5.64. The molecule has 0 unspecified atom stereocenters. The SMILES string of the molecule is Cc1nccc(-c2ccc(-c3noc(CN4CCCCCCC4)n3)cc2)n1. The van der Waals surface area contributed by atoms with Crippen molar-refractivity contribution >= 4 is 0 Å². The highest BCUT2D eigenvalue weighted by Gasteiger charge is 2.14. The number of rotatable bonds is 4. The van der Waals surface area contributed by atoms with Crippen LogP contribution in [0.3, 0.4) is 0 Å². The molecule has 0 bridgehead atoms. The monoisotopic (exact) mass is 363 g/mol. The van der Waals surface area contributed by atoms with Crippen LogP contribution in [0.25, 0.3) is 22.6 Å². The van der Waals surface area contributed by atoms with Crippen LogP contribution in [0.4, 0.5) is 0 Å². The molecular formula is C21H25N5O. The Kier molecular flexibility index (Phi) is 5.53. The summed E-state index contributed by atoms with van der Waals surface area (Å²) in [5.74, 6) is 2.10. The third-order valence-electron chi connectivity index (χ3n) is 4.99. The van der Waals surface area contributed by atoms with E-state index in [1.165, 1.54) is 32.1 Å². The number of hydrogen-bond donors (Lipinski definition) is 0. The molecule has 0 saturated carbocycles. The lowest BCUT2D eigenvalue weighted by Crippen LogP contribution is -2.27. The zero-order valence-corrected chi connectivity index (χ0v) is 15.8. The fourth-order valence-electron chi connectivity index (χ4n) is 3.51. The zero-order chi connectivity index (χ0) is 18.5. The Labute approximate surface area is 159 Å². The number of hydrogen-bond acceptors (Lipinski definition) is 6. The lowest BCUT2D eigenvalue weighted by atomic mass is 10.1. The average molecular weight is 363 g/mol. The Morgan fingerprint density at radius 3 is 2.33 bits per heavy atom. The number of aryl methyl sites for hydroxylation is 1. The van der Waals surface area contributed by atoms with Crippen molar-refractivity contribution in [1.29, 1.82) is 0 Å². The summed E-state index contributed by atoms with van der Waals surface area (Å²) in [5.41, 5.74) is 2.92. The second-order valence-electron chi connectivity index (χ2n) is 7.12. The summed E-state index contributed by atoms with van der Waals surface area (Å²) in [6.45, 7) is 4.87. The van der Waals surface area contributed by atoms with Gasteiger partial charge in [0, 0.05) is 17.3 Å². The van der Waals surface area contributed by atoms with E-state index in [-0.39, 0.29) is 0 Å². The summed E-state index contributed by atoms with van der Waals surface area (Å²) in [4.78, 5) is 15.6. The van der Waals surface area contributed by atoms with E-state index in [1.54, 1.807) is 6.20 Å². The molecule has 3 heterocycles. The fourth-order valence-corrected chi connectivity index (χ4v) is 3.51. The first-order valence-electron chi connectivity index (χ1n) is 9.73. The molecule has 27 heavy (non-hydrogen) atoms. The van der Waals surface area contributed by atoms with Crippen LogP contribution in [0.5, 0.6) is 0 Å². The fraction of sp³-hybridized carbons (Fsp3) is 0.429. The molecule has 1 aromatic carbocycles. The van der Waals surface area contributed by atoms with Gasteiger partial charge in [-0.2, -0.15) is 4.98 Å². The Bertz CT molecular complexity index is 866. The molecule has 2 aromatic heterocycles. The van der Waals surface area contributed by atoms with Gasteiger partial charge in [-0.05, 0) is 38.9 Å². The third kappa shape index (κ3) is 4.57. The molecule has 0 spiro atoms. The van der Waals surface area contributed by atoms with E-state index in [9.17, 15) is 0 Å². The van der Waals surface area contributed by atoms with E-state index < -0.39 is 0 Å². The van der Waals surface area contributed by atoms with Crippen LogP contribution in [0.1, 0.15) is 43.8 Å². The molecule has 0 amide bonds. The average Bonchev–Trinajstić information content (AvgIpc) is 3.13. The second-order valence-corrected chi connectivity index (χ2v) is 7.12. The van der Waals surface area contributed by atoms with Crippen LogP contribution >= 0.6 is 0 Å². The summed E-state index contributed by atoms with van der Waals surface area (Å²) < 4.78 is 5.50. The Morgan fingerprint density at radius 2 is 1.59 bits per heavy atom. The van der Waals surface area contributed by atoms with Crippen molar-refractivity contribution < 1.29 is 4.52 Å². The minimum Gasteiger partial charge on any atom is -0.338 e. The largest absolute Gasteiger partial charge is 0.338 e. The summed E-state index contributed by atoms with van der Waals surface area (Å²) in [6.07, 6.45) is 8.30. The molecule has 1 saturated heterocycles. The molecule has 0 N–H and O–H groups in total.